The first-order valence-electron chi connectivity index (χ1n) is 30.8. The third-order valence-corrected chi connectivity index (χ3v) is 14.5. The summed E-state index contributed by atoms with van der Waals surface area (Å²) in [6.45, 7) is 1.49. The monoisotopic (exact) mass is 1190 g/mol. The Labute approximate surface area is 499 Å². The Kier molecular flexibility index (Phi) is 41.1. The van der Waals surface area contributed by atoms with Crippen LogP contribution in [0.25, 0.3) is 0 Å². The van der Waals surface area contributed by atoms with E-state index in [2.05, 4.69) is 129 Å². The lowest BCUT2D eigenvalue weighted by Crippen LogP contribution is -2.66. The van der Waals surface area contributed by atoms with Crippen LogP contribution in [-0.4, -0.2) is 193 Å². The lowest BCUT2D eigenvalue weighted by Gasteiger charge is -2.48. The van der Waals surface area contributed by atoms with Gasteiger partial charge in [-0.3, -0.25) is 4.79 Å². The second-order valence-corrected chi connectivity index (χ2v) is 21.4. The van der Waals surface area contributed by atoms with Gasteiger partial charge in [-0.25, -0.2) is 0 Å². The Balaban J connectivity index is 1.50. The molecule has 17 atom stereocenters. The summed E-state index contributed by atoms with van der Waals surface area (Å²) in [5.74, 6) is -0.329. The molecule has 12 N–H and O–H groups in total. The number of rotatable bonds is 43. The molecule has 84 heavy (non-hydrogen) atoms. The van der Waals surface area contributed by atoms with Crippen LogP contribution in [-0.2, 0) is 33.2 Å². The topological polar surface area (TPSA) is 307 Å². The van der Waals surface area contributed by atoms with Gasteiger partial charge in [-0.1, -0.05) is 161 Å². The van der Waals surface area contributed by atoms with E-state index in [1.54, 1.807) is 6.08 Å². The summed E-state index contributed by atoms with van der Waals surface area (Å²) in [6, 6.07) is -1.02. The lowest BCUT2D eigenvalue weighted by molar-refractivity contribution is -0.379. The zero-order valence-electron chi connectivity index (χ0n) is 49.8. The summed E-state index contributed by atoms with van der Waals surface area (Å²) >= 11 is 0. The first-order valence-corrected chi connectivity index (χ1v) is 30.8. The van der Waals surface area contributed by atoms with Crippen LogP contribution >= 0.6 is 0 Å². The standard InChI is InChI=1S/C65H105NO18/c1-3-5-7-9-11-13-15-17-19-20-21-22-23-24-25-26-27-28-29-31-33-35-37-39-41-43-53(71)66-48(49(70)42-40-38-36-34-32-30-18-16-14-12-10-8-6-4-2)47-79-63-59(77)56(74)61(51(45-68)81-63)84-65-60(78)57(75)62(52(46-69)82-65)83-64-58(76)55(73)54(72)50(44-67)80-64/h5,7,11,13-14,16-17,19,21-22,24-25,27-28,31-34,40,42,48-52,54-65,67-70,72-78H,3-4,6,8-10,12,15,18,20,23,26,29-30,35-39,41,43-47H2,1-2H3,(H,66,71)/b7-5-,13-11-,16-14+,19-17-,22-21-,25-24-,28-27-,33-31-,34-32+,42-40+. The van der Waals surface area contributed by atoms with Crippen LogP contribution in [0.1, 0.15) is 149 Å². The van der Waals surface area contributed by atoms with Gasteiger partial charge in [-0.05, 0) is 103 Å². The molecule has 19 nitrogen and oxygen atoms in total. The molecule has 3 aliphatic heterocycles. The van der Waals surface area contributed by atoms with E-state index in [1.165, 1.54) is 25.7 Å². The molecule has 0 aromatic carbocycles. The van der Waals surface area contributed by atoms with Crippen molar-refractivity contribution in [1.82, 2.24) is 5.32 Å². The third-order valence-electron chi connectivity index (χ3n) is 14.5. The molecule has 0 aromatic rings. The van der Waals surface area contributed by atoms with E-state index in [-0.39, 0.29) is 12.3 Å². The van der Waals surface area contributed by atoms with Crippen molar-refractivity contribution in [3.05, 3.63) is 122 Å². The highest BCUT2D eigenvalue weighted by Crippen LogP contribution is 2.33. The maximum Gasteiger partial charge on any atom is 0.220 e. The molecule has 0 bridgehead atoms. The molecule has 3 rings (SSSR count). The van der Waals surface area contributed by atoms with Crippen LogP contribution < -0.4 is 5.32 Å². The van der Waals surface area contributed by atoms with Gasteiger partial charge in [0.25, 0.3) is 0 Å². The first-order chi connectivity index (χ1) is 40.8. The summed E-state index contributed by atoms with van der Waals surface area (Å²) < 4.78 is 34.2. The number of allylic oxidation sites excluding steroid dienone is 19. The molecule has 3 fully saturated rings. The minimum atomic E-state index is -1.99. The Morgan fingerprint density at radius 1 is 0.440 bits per heavy atom. The number of unbranched alkanes of at least 4 members (excludes halogenated alkanes) is 9. The van der Waals surface area contributed by atoms with Crippen molar-refractivity contribution in [3.63, 3.8) is 0 Å². The lowest BCUT2D eigenvalue weighted by atomic mass is 9.96. The number of carbonyl (C=O) groups is 1. The zero-order valence-corrected chi connectivity index (χ0v) is 49.8. The minimum Gasteiger partial charge on any atom is -0.394 e. The van der Waals surface area contributed by atoms with Gasteiger partial charge in [0.2, 0.25) is 5.91 Å². The molecule has 3 heterocycles. The van der Waals surface area contributed by atoms with Gasteiger partial charge in [0.05, 0.1) is 38.6 Å². The number of hydrogen-bond donors (Lipinski definition) is 12. The quantitative estimate of drug-likeness (QED) is 0.0243. The maximum atomic E-state index is 13.3. The Hall–Kier alpha value is -3.81. The van der Waals surface area contributed by atoms with Crippen molar-refractivity contribution in [2.24, 2.45) is 0 Å². The number of amides is 1. The van der Waals surface area contributed by atoms with E-state index in [0.717, 1.165) is 89.9 Å². The van der Waals surface area contributed by atoms with Crippen molar-refractivity contribution < 1.29 is 89.4 Å². The van der Waals surface area contributed by atoms with E-state index < -0.39 is 131 Å². The fraction of sp³-hybridized carbons (Fsp3) is 0.677. The van der Waals surface area contributed by atoms with Crippen molar-refractivity contribution in [1.29, 1.82) is 0 Å². The van der Waals surface area contributed by atoms with Gasteiger partial charge in [0, 0.05) is 6.42 Å². The second kappa shape index (κ2) is 46.4. The normalized spacial score (nSPS) is 30.0. The predicted octanol–water partition coefficient (Wildman–Crippen LogP) is 6.09. The van der Waals surface area contributed by atoms with Gasteiger partial charge in [0.1, 0.15) is 73.2 Å². The van der Waals surface area contributed by atoms with E-state index in [1.807, 2.05) is 6.08 Å². The minimum absolute atomic E-state index is 0.183. The Morgan fingerprint density at radius 3 is 1.31 bits per heavy atom. The number of carbonyl (C=O) groups excluding carboxylic acids is 1. The number of nitrogens with one attached hydrogen (secondary N) is 1. The molecule has 1 amide bonds. The Morgan fingerprint density at radius 2 is 0.833 bits per heavy atom. The number of aliphatic hydroxyl groups excluding tert-OH is 11. The number of hydrogen-bond acceptors (Lipinski definition) is 18. The summed E-state index contributed by atoms with van der Waals surface area (Å²) in [5.41, 5.74) is 0. The second-order valence-electron chi connectivity index (χ2n) is 21.4. The van der Waals surface area contributed by atoms with E-state index >= 15 is 0 Å². The predicted molar refractivity (Wildman–Crippen MR) is 323 cm³/mol. The fourth-order valence-electron chi connectivity index (χ4n) is 9.43. The molecular weight excluding hydrogens is 1080 g/mol. The number of ether oxygens (including phenoxy) is 6. The average molecular weight is 1190 g/mol. The molecule has 0 aliphatic carbocycles. The summed E-state index contributed by atoms with van der Waals surface area (Å²) in [4.78, 5) is 13.3. The van der Waals surface area contributed by atoms with Crippen LogP contribution in [0.15, 0.2) is 122 Å². The zero-order chi connectivity index (χ0) is 61.2. The molecule has 3 aliphatic rings. The van der Waals surface area contributed by atoms with E-state index in [4.69, 9.17) is 28.4 Å². The molecule has 17 unspecified atom stereocenters. The molecule has 0 radical (unpaired) electrons. The molecule has 0 spiro atoms. The number of aliphatic hydroxyl groups is 11. The van der Waals surface area contributed by atoms with Crippen molar-refractivity contribution in [3.8, 4) is 0 Å². The van der Waals surface area contributed by atoms with Gasteiger partial charge >= 0.3 is 0 Å². The highest BCUT2D eigenvalue weighted by molar-refractivity contribution is 5.76. The first kappa shape index (κ1) is 74.4. The summed E-state index contributed by atoms with van der Waals surface area (Å²) in [7, 11) is 0. The summed E-state index contributed by atoms with van der Waals surface area (Å²) in [6.07, 6.45) is 34.6. The smallest absolute Gasteiger partial charge is 0.220 e. The maximum absolute atomic E-state index is 13.3. The van der Waals surface area contributed by atoms with E-state index in [0.29, 0.717) is 12.8 Å². The van der Waals surface area contributed by atoms with Crippen LogP contribution in [0.2, 0.25) is 0 Å². The van der Waals surface area contributed by atoms with Gasteiger partial charge in [-0.15, -0.1) is 0 Å². The molecule has 0 saturated carbocycles. The van der Waals surface area contributed by atoms with Crippen molar-refractivity contribution >= 4 is 5.91 Å². The molecule has 3 saturated heterocycles. The van der Waals surface area contributed by atoms with Crippen LogP contribution in [0, 0.1) is 0 Å². The SMILES string of the molecule is CC/C=C\C/C=C\C/C=C\C/C=C\C/C=C\C/C=C\C/C=C\CCCCCC(=O)NC(COC1OC(CO)C(OC2OC(CO)C(OC3OC(CO)C(O)C(O)C3O)C(O)C2O)C(O)C1O)C(O)/C=C/CC/C=C/CC/C=C/CCCCCC. The third kappa shape index (κ3) is 29.3. The van der Waals surface area contributed by atoms with Gasteiger partial charge in [0.15, 0.2) is 18.9 Å². The molecule has 478 valence electrons. The van der Waals surface area contributed by atoms with Gasteiger partial charge in [-0.2, -0.15) is 0 Å². The van der Waals surface area contributed by atoms with Crippen molar-refractivity contribution in [2.45, 2.75) is 253 Å². The Bertz CT molecular complexity index is 2000. The highest BCUT2D eigenvalue weighted by atomic mass is 16.8. The molecule has 19 heteroatoms. The van der Waals surface area contributed by atoms with E-state index in [9.17, 15) is 61.0 Å². The van der Waals surface area contributed by atoms with Crippen LogP contribution in [0.5, 0.6) is 0 Å². The van der Waals surface area contributed by atoms with Crippen molar-refractivity contribution in [2.75, 3.05) is 26.4 Å². The molecule has 0 aromatic heterocycles. The average Bonchev–Trinajstić information content (AvgIpc) is 3.68. The molecular formula is C65H105NO18. The van der Waals surface area contributed by atoms with Crippen LogP contribution in [0.3, 0.4) is 0 Å². The fourth-order valence-corrected chi connectivity index (χ4v) is 9.43. The van der Waals surface area contributed by atoms with Gasteiger partial charge < -0.3 is 89.9 Å². The van der Waals surface area contributed by atoms with Crippen LogP contribution in [0.4, 0.5) is 0 Å². The largest absolute Gasteiger partial charge is 0.394 e. The highest BCUT2D eigenvalue weighted by Gasteiger charge is 2.53. The summed E-state index contributed by atoms with van der Waals surface area (Å²) in [5, 5.41) is 120.